The molecule has 0 saturated carbocycles. The average molecular weight is 227 g/mol. The smallest absolute Gasteiger partial charge is 0.166 e. The summed E-state index contributed by atoms with van der Waals surface area (Å²) < 4.78 is 10.2. The Morgan fingerprint density at radius 3 is 2.53 bits per heavy atom. The molecule has 1 aromatic rings. The number of anilines is 1. The number of thioether (sulfide) groups is 1. The van der Waals surface area contributed by atoms with Crippen LogP contribution in [0.15, 0.2) is 23.1 Å². The predicted molar refractivity (Wildman–Crippen MR) is 64.1 cm³/mol. The van der Waals surface area contributed by atoms with Gasteiger partial charge in [-0.2, -0.15) is 0 Å². The summed E-state index contributed by atoms with van der Waals surface area (Å²) in [6.07, 6.45) is -0.185. The molecule has 0 heterocycles. The molecule has 0 unspecified atom stereocenters. The molecule has 0 bridgehead atoms. The third-order valence-corrected chi connectivity index (χ3v) is 3.19. The maximum atomic E-state index is 5.89. The van der Waals surface area contributed by atoms with Gasteiger partial charge in [0, 0.05) is 30.6 Å². The van der Waals surface area contributed by atoms with Crippen LogP contribution in [0, 0.1) is 6.92 Å². The first-order valence-corrected chi connectivity index (χ1v) is 5.70. The van der Waals surface area contributed by atoms with E-state index in [4.69, 9.17) is 15.2 Å². The summed E-state index contributed by atoms with van der Waals surface area (Å²) in [6.45, 7) is 2.03. The fraction of sp³-hybridized carbons (Fsp3) is 0.455. The number of ether oxygens (including phenoxy) is 2. The van der Waals surface area contributed by atoms with Crippen molar-refractivity contribution in [2.45, 2.75) is 18.1 Å². The second kappa shape index (κ2) is 6.00. The van der Waals surface area contributed by atoms with Crippen LogP contribution in [0.2, 0.25) is 0 Å². The van der Waals surface area contributed by atoms with Crippen molar-refractivity contribution in [2.75, 3.05) is 25.7 Å². The molecule has 4 heteroatoms. The van der Waals surface area contributed by atoms with Crippen molar-refractivity contribution < 1.29 is 9.47 Å². The second-order valence-electron chi connectivity index (χ2n) is 3.25. The highest BCUT2D eigenvalue weighted by atomic mass is 32.2. The summed E-state index contributed by atoms with van der Waals surface area (Å²) >= 11 is 1.64. The maximum Gasteiger partial charge on any atom is 0.166 e. The summed E-state index contributed by atoms with van der Waals surface area (Å²) in [5.41, 5.74) is 7.87. The molecule has 0 fully saturated rings. The first kappa shape index (κ1) is 12.4. The summed E-state index contributed by atoms with van der Waals surface area (Å²) in [7, 11) is 3.26. The van der Waals surface area contributed by atoms with Crippen LogP contribution in [0.5, 0.6) is 0 Å². The number of aryl methyl sites for hydroxylation is 1. The number of rotatable bonds is 5. The van der Waals surface area contributed by atoms with E-state index in [2.05, 4.69) is 0 Å². The highest BCUT2D eigenvalue weighted by molar-refractivity contribution is 7.99. The molecular formula is C11H17NO2S. The van der Waals surface area contributed by atoms with Gasteiger partial charge in [-0.15, -0.1) is 11.8 Å². The molecule has 0 radical (unpaired) electrons. The van der Waals surface area contributed by atoms with Crippen LogP contribution in [0.25, 0.3) is 0 Å². The van der Waals surface area contributed by atoms with Gasteiger partial charge in [0.1, 0.15) is 0 Å². The normalized spacial score (nSPS) is 10.9. The monoisotopic (exact) mass is 227 g/mol. The lowest BCUT2D eigenvalue weighted by molar-refractivity contribution is -0.0842. The summed E-state index contributed by atoms with van der Waals surface area (Å²) in [5, 5.41) is 0. The van der Waals surface area contributed by atoms with E-state index in [-0.39, 0.29) is 6.29 Å². The van der Waals surface area contributed by atoms with Gasteiger partial charge in [-0.05, 0) is 24.6 Å². The molecule has 0 spiro atoms. The van der Waals surface area contributed by atoms with E-state index in [9.17, 15) is 0 Å². The van der Waals surface area contributed by atoms with Crippen LogP contribution >= 0.6 is 11.8 Å². The molecule has 0 amide bonds. The minimum absolute atomic E-state index is 0.185. The summed E-state index contributed by atoms with van der Waals surface area (Å²) in [6, 6.07) is 6.04. The van der Waals surface area contributed by atoms with E-state index in [0.717, 1.165) is 16.3 Å². The Morgan fingerprint density at radius 2 is 2.00 bits per heavy atom. The molecule has 3 nitrogen and oxygen atoms in total. The molecule has 0 aliphatic rings. The Bertz CT molecular complexity index is 313. The van der Waals surface area contributed by atoms with Gasteiger partial charge < -0.3 is 15.2 Å². The Labute approximate surface area is 94.9 Å². The zero-order valence-corrected chi connectivity index (χ0v) is 10.1. The maximum absolute atomic E-state index is 5.89. The third-order valence-electron chi connectivity index (χ3n) is 2.07. The van der Waals surface area contributed by atoms with Crippen molar-refractivity contribution in [3.8, 4) is 0 Å². The Balaban J connectivity index is 2.57. The Hall–Kier alpha value is -0.710. The van der Waals surface area contributed by atoms with Gasteiger partial charge in [0.25, 0.3) is 0 Å². The Morgan fingerprint density at radius 1 is 1.33 bits per heavy atom. The zero-order chi connectivity index (χ0) is 11.3. The van der Waals surface area contributed by atoms with Crippen LogP contribution in [0.3, 0.4) is 0 Å². The molecule has 1 rings (SSSR count). The van der Waals surface area contributed by atoms with Crippen LogP contribution in [-0.4, -0.2) is 26.3 Å². The van der Waals surface area contributed by atoms with E-state index in [1.54, 1.807) is 26.0 Å². The van der Waals surface area contributed by atoms with Crippen molar-refractivity contribution in [1.29, 1.82) is 0 Å². The van der Waals surface area contributed by atoms with Crippen molar-refractivity contribution in [2.24, 2.45) is 0 Å². The fourth-order valence-electron chi connectivity index (χ4n) is 1.19. The Kier molecular flexibility index (Phi) is 4.94. The minimum Gasteiger partial charge on any atom is -0.398 e. The van der Waals surface area contributed by atoms with Crippen molar-refractivity contribution in [3.63, 3.8) is 0 Å². The van der Waals surface area contributed by atoms with Crippen LogP contribution in [0.4, 0.5) is 5.69 Å². The quantitative estimate of drug-likeness (QED) is 0.476. The molecule has 0 saturated heterocycles. The standard InChI is InChI=1S/C11H17NO2S/c1-8-4-5-10(9(12)6-8)15-7-11(13-2)14-3/h4-6,11H,7,12H2,1-3H3. The van der Waals surface area contributed by atoms with E-state index in [1.807, 2.05) is 25.1 Å². The van der Waals surface area contributed by atoms with E-state index < -0.39 is 0 Å². The predicted octanol–water partition coefficient (Wildman–Crippen LogP) is 2.29. The van der Waals surface area contributed by atoms with Gasteiger partial charge >= 0.3 is 0 Å². The van der Waals surface area contributed by atoms with Crippen LogP contribution < -0.4 is 5.73 Å². The van der Waals surface area contributed by atoms with Gasteiger partial charge in [0.05, 0.1) is 0 Å². The SMILES string of the molecule is COC(CSc1ccc(C)cc1N)OC. The highest BCUT2D eigenvalue weighted by Crippen LogP contribution is 2.26. The number of nitrogens with two attached hydrogens (primary N) is 1. The lowest BCUT2D eigenvalue weighted by atomic mass is 10.2. The van der Waals surface area contributed by atoms with Crippen molar-refractivity contribution >= 4 is 17.4 Å². The first-order chi connectivity index (χ1) is 7.17. The molecule has 84 valence electrons. The summed E-state index contributed by atoms with van der Waals surface area (Å²) in [5.74, 6) is 0.736. The molecule has 15 heavy (non-hydrogen) atoms. The lowest BCUT2D eigenvalue weighted by Gasteiger charge is -2.13. The minimum atomic E-state index is -0.185. The number of hydrogen-bond donors (Lipinski definition) is 1. The number of nitrogen functional groups attached to an aromatic ring is 1. The number of hydrogen-bond acceptors (Lipinski definition) is 4. The third kappa shape index (κ3) is 3.74. The van der Waals surface area contributed by atoms with Gasteiger partial charge in [0.2, 0.25) is 0 Å². The van der Waals surface area contributed by atoms with Crippen molar-refractivity contribution in [3.05, 3.63) is 23.8 Å². The van der Waals surface area contributed by atoms with Gasteiger partial charge in [-0.3, -0.25) is 0 Å². The lowest BCUT2D eigenvalue weighted by Crippen LogP contribution is -2.15. The molecule has 0 aromatic heterocycles. The van der Waals surface area contributed by atoms with Crippen molar-refractivity contribution in [1.82, 2.24) is 0 Å². The average Bonchev–Trinajstić information content (AvgIpc) is 2.22. The van der Waals surface area contributed by atoms with Gasteiger partial charge in [-0.1, -0.05) is 6.07 Å². The van der Waals surface area contributed by atoms with Crippen LogP contribution in [0.1, 0.15) is 5.56 Å². The topological polar surface area (TPSA) is 44.5 Å². The van der Waals surface area contributed by atoms with Gasteiger partial charge in [-0.25, -0.2) is 0 Å². The number of benzene rings is 1. The highest BCUT2D eigenvalue weighted by Gasteiger charge is 2.07. The van der Waals surface area contributed by atoms with Crippen LogP contribution in [-0.2, 0) is 9.47 Å². The molecular weight excluding hydrogens is 210 g/mol. The molecule has 0 aliphatic heterocycles. The fourth-order valence-corrected chi connectivity index (χ4v) is 2.17. The molecule has 1 aromatic carbocycles. The largest absolute Gasteiger partial charge is 0.398 e. The summed E-state index contributed by atoms with van der Waals surface area (Å²) in [4.78, 5) is 1.07. The number of methoxy groups -OCH3 is 2. The second-order valence-corrected chi connectivity index (χ2v) is 4.32. The van der Waals surface area contributed by atoms with E-state index in [0.29, 0.717) is 0 Å². The molecule has 0 aliphatic carbocycles. The zero-order valence-electron chi connectivity index (χ0n) is 9.32. The molecule has 2 N–H and O–H groups in total. The van der Waals surface area contributed by atoms with E-state index >= 15 is 0 Å². The first-order valence-electron chi connectivity index (χ1n) is 4.72. The van der Waals surface area contributed by atoms with Gasteiger partial charge in [0.15, 0.2) is 6.29 Å². The molecule has 0 atom stereocenters. The van der Waals surface area contributed by atoms with E-state index in [1.165, 1.54) is 5.56 Å².